The molecule has 0 fully saturated rings. The van der Waals surface area contributed by atoms with Crippen LogP contribution in [0, 0.1) is 0 Å². The molecule has 0 aliphatic heterocycles. The lowest BCUT2D eigenvalue weighted by atomic mass is 10.2. The van der Waals surface area contributed by atoms with Gasteiger partial charge in [0.2, 0.25) is 0 Å². The summed E-state index contributed by atoms with van der Waals surface area (Å²) in [4.78, 5) is 26.2. The van der Waals surface area contributed by atoms with Crippen molar-refractivity contribution in [2.45, 2.75) is 18.5 Å². The van der Waals surface area contributed by atoms with Crippen molar-refractivity contribution in [1.29, 1.82) is 0 Å². The van der Waals surface area contributed by atoms with E-state index in [2.05, 4.69) is 12.2 Å². The van der Waals surface area contributed by atoms with E-state index in [1.807, 2.05) is 0 Å². The van der Waals surface area contributed by atoms with Gasteiger partial charge in [0.25, 0.3) is 0 Å². The van der Waals surface area contributed by atoms with Crippen molar-refractivity contribution in [2.24, 2.45) is 0 Å². The summed E-state index contributed by atoms with van der Waals surface area (Å²) >= 11 is 4.48. The molecule has 4 N–H and O–H groups in total. The Morgan fingerprint density at radius 2 is 1.91 bits per heavy atom. The molecule has 0 heterocycles. The van der Waals surface area contributed by atoms with Crippen LogP contribution in [0.1, 0.15) is 12.8 Å². The van der Waals surface area contributed by atoms with Crippen molar-refractivity contribution in [2.75, 3.05) is 6.61 Å². The highest BCUT2D eigenvalue weighted by Crippen LogP contribution is 2.51. The van der Waals surface area contributed by atoms with Crippen LogP contribution in [-0.4, -0.2) is 37.4 Å². The molecule has 11 heavy (non-hydrogen) atoms. The van der Waals surface area contributed by atoms with Gasteiger partial charge in [-0.15, -0.1) is 0 Å². The second-order valence-electron chi connectivity index (χ2n) is 2.18. The van der Waals surface area contributed by atoms with Crippen molar-refractivity contribution >= 4 is 25.5 Å². The summed E-state index contributed by atoms with van der Waals surface area (Å²) in [5.41, 5.74) is -0.773. The van der Waals surface area contributed by atoms with Crippen LogP contribution in [0.5, 0.6) is 0 Å². The fraction of sp³-hybridized carbons (Fsp3) is 0.800. The van der Waals surface area contributed by atoms with Crippen molar-refractivity contribution in [3.63, 3.8) is 0 Å². The predicted octanol–water partition coefficient (Wildman–Crippen LogP) is -0.133. The Morgan fingerprint density at radius 3 is 2.18 bits per heavy atom. The Balaban J connectivity index is 3.86. The van der Waals surface area contributed by atoms with Crippen molar-refractivity contribution in [1.82, 2.24) is 0 Å². The third-order valence-electron chi connectivity index (χ3n) is 1.26. The number of rotatable bonds is 5. The molecule has 0 spiro atoms. The summed E-state index contributed by atoms with van der Waals surface area (Å²) < 4.78 is 0. The summed E-state index contributed by atoms with van der Waals surface area (Å²) in [6.45, 7) is -0.0420. The second kappa shape index (κ2) is 5.09. The van der Waals surface area contributed by atoms with Gasteiger partial charge in [0.05, 0.1) is 0 Å². The number of hydrogen-bond donors (Lipinski definition) is 4. The maximum absolute atomic E-state index is 8.75. The standard InChI is InChI=1S/C5H12O4PS/c6-3-1-2-5(4-11)10(7,8)9/h4-9H,1-3H2/q+1. The molecule has 1 unspecified atom stereocenters. The van der Waals surface area contributed by atoms with E-state index in [9.17, 15) is 0 Å². The summed E-state index contributed by atoms with van der Waals surface area (Å²) in [5.74, 6) is 0. The molecular formula is C5H12O4PS+. The average molecular weight is 199 g/mol. The third-order valence-corrected chi connectivity index (χ3v) is 3.09. The van der Waals surface area contributed by atoms with Gasteiger partial charge in [0.15, 0.2) is 5.66 Å². The molecule has 0 aromatic heterocycles. The first-order valence-corrected chi connectivity index (χ1v) is 5.34. The molecule has 66 valence electrons. The first-order valence-electron chi connectivity index (χ1n) is 3.15. The Morgan fingerprint density at radius 1 is 1.36 bits per heavy atom. The molecular weight excluding hydrogens is 187 g/mol. The molecule has 0 aliphatic rings. The van der Waals surface area contributed by atoms with Crippen LogP contribution in [0.15, 0.2) is 0 Å². The Kier molecular flexibility index (Phi) is 5.25. The van der Waals surface area contributed by atoms with Crippen LogP contribution >= 0.6 is 20.2 Å². The maximum atomic E-state index is 8.75. The van der Waals surface area contributed by atoms with Crippen molar-refractivity contribution in [3.05, 3.63) is 0 Å². The summed E-state index contributed by atoms with van der Waals surface area (Å²) in [6, 6.07) is 0. The largest absolute Gasteiger partial charge is 0.411 e. The molecule has 0 rings (SSSR count). The van der Waals surface area contributed by atoms with E-state index in [-0.39, 0.29) is 6.61 Å². The predicted molar refractivity (Wildman–Crippen MR) is 47.3 cm³/mol. The van der Waals surface area contributed by atoms with Gasteiger partial charge in [-0.05, 0) is 12.8 Å². The number of aliphatic hydroxyl groups is 1. The molecule has 6 heteroatoms. The minimum Gasteiger partial charge on any atom is -0.396 e. The van der Waals surface area contributed by atoms with Crippen LogP contribution in [0.2, 0.25) is 0 Å². The first-order chi connectivity index (χ1) is 5.02. The topological polar surface area (TPSA) is 80.9 Å². The minimum atomic E-state index is -3.83. The second-order valence-corrected chi connectivity index (χ2v) is 4.35. The maximum Gasteiger partial charge on any atom is 0.411 e. The lowest BCUT2D eigenvalue weighted by Crippen LogP contribution is -2.14. The molecule has 0 radical (unpaired) electrons. The van der Waals surface area contributed by atoms with Crippen LogP contribution in [0.25, 0.3) is 0 Å². The lowest BCUT2D eigenvalue weighted by Gasteiger charge is -2.11. The highest BCUT2D eigenvalue weighted by atomic mass is 32.1. The highest BCUT2D eigenvalue weighted by Gasteiger charge is 2.40. The van der Waals surface area contributed by atoms with Gasteiger partial charge in [0.1, 0.15) is 0 Å². The highest BCUT2D eigenvalue weighted by molar-refractivity contribution is 7.80. The zero-order valence-electron chi connectivity index (χ0n) is 5.92. The van der Waals surface area contributed by atoms with Crippen molar-refractivity contribution < 1.29 is 19.8 Å². The smallest absolute Gasteiger partial charge is 0.396 e. The van der Waals surface area contributed by atoms with E-state index < -0.39 is 13.6 Å². The van der Waals surface area contributed by atoms with E-state index >= 15 is 0 Å². The van der Waals surface area contributed by atoms with Crippen molar-refractivity contribution in [3.8, 4) is 0 Å². The Bertz CT molecular complexity index is 124. The molecule has 0 bridgehead atoms. The molecule has 0 saturated heterocycles. The van der Waals surface area contributed by atoms with Gasteiger partial charge in [-0.3, -0.25) is 0 Å². The Labute approximate surface area is 71.1 Å². The van der Waals surface area contributed by atoms with E-state index in [0.29, 0.717) is 12.8 Å². The molecule has 1 atom stereocenters. The van der Waals surface area contributed by atoms with Crippen LogP contribution in [0.4, 0.5) is 0 Å². The third kappa shape index (κ3) is 4.74. The van der Waals surface area contributed by atoms with Gasteiger partial charge in [-0.2, -0.15) is 14.7 Å². The average Bonchev–Trinajstić information content (AvgIpc) is 1.87. The van der Waals surface area contributed by atoms with Crippen LogP contribution < -0.4 is 0 Å². The van der Waals surface area contributed by atoms with Gasteiger partial charge in [0, 0.05) is 12.0 Å². The monoisotopic (exact) mass is 199 g/mol. The molecule has 0 aromatic carbocycles. The van der Waals surface area contributed by atoms with Gasteiger partial charge in [-0.25, -0.2) is 0 Å². The van der Waals surface area contributed by atoms with E-state index in [4.69, 9.17) is 19.8 Å². The van der Waals surface area contributed by atoms with Crippen LogP contribution in [-0.2, 0) is 0 Å². The zero-order valence-corrected chi connectivity index (χ0v) is 7.63. The SMILES string of the molecule is OCCCC(C=S)[P+](O)(O)O. The summed E-state index contributed by atoms with van der Waals surface area (Å²) in [6.07, 6.45) is 0.707. The van der Waals surface area contributed by atoms with E-state index in [1.54, 1.807) is 0 Å². The van der Waals surface area contributed by atoms with Gasteiger partial charge < -0.3 is 5.11 Å². The number of thiocarbonyl (C=S) groups is 1. The van der Waals surface area contributed by atoms with Gasteiger partial charge >= 0.3 is 7.94 Å². The fourth-order valence-corrected chi connectivity index (χ4v) is 1.94. The molecule has 0 amide bonds. The van der Waals surface area contributed by atoms with Gasteiger partial charge in [-0.1, -0.05) is 12.2 Å². The summed E-state index contributed by atoms with van der Waals surface area (Å²) in [5, 5.41) is 9.52. The van der Waals surface area contributed by atoms with E-state index in [0.717, 1.165) is 5.37 Å². The number of aliphatic hydroxyl groups excluding tert-OH is 1. The Hall–Kier alpha value is 0.360. The van der Waals surface area contributed by atoms with E-state index in [1.165, 1.54) is 0 Å². The summed E-state index contributed by atoms with van der Waals surface area (Å²) in [7, 11) is -3.83. The van der Waals surface area contributed by atoms with Crippen LogP contribution in [0.3, 0.4) is 0 Å². The fourth-order valence-electron chi connectivity index (χ4n) is 0.623. The molecule has 4 nitrogen and oxygen atoms in total. The minimum absolute atomic E-state index is 0.0420. The molecule has 0 aliphatic carbocycles. The first kappa shape index (κ1) is 11.4. The lowest BCUT2D eigenvalue weighted by molar-refractivity contribution is 0.279. The normalized spacial score (nSPS) is 14.5. The quantitative estimate of drug-likeness (QED) is 0.366. The molecule has 0 saturated carbocycles. The number of hydrogen-bond acceptors (Lipinski definition) is 5. The molecule has 0 aromatic rings. The zero-order chi connectivity index (χ0) is 8.91.